The van der Waals surface area contributed by atoms with Gasteiger partial charge in [-0.3, -0.25) is 4.90 Å². The van der Waals surface area contributed by atoms with Crippen molar-refractivity contribution in [3.05, 3.63) is 64.7 Å². The van der Waals surface area contributed by atoms with Crippen LogP contribution in [0.3, 0.4) is 0 Å². The molecule has 0 amide bonds. The van der Waals surface area contributed by atoms with Gasteiger partial charge in [0.2, 0.25) is 0 Å². The fraction of sp³-hybridized carbons (Fsp3) is 0.429. The van der Waals surface area contributed by atoms with Gasteiger partial charge in [-0.2, -0.15) is 0 Å². The zero-order valence-electron chi connectivity index (χ0n) is 16.3. The van der Waals surface area contributed by atoms with E-state index in [1.165, 1.54) is 11.1 Å². The molecule has 1 aliphatic heterocycles. The lowest BCUT2D eigenvalue weighted by atomic mass is 9.78. The van der Waals surface area contributed by atoms with Crippen LogP contribution in [-0.4, -0.2) is 30.3 Å². The lowest BCUT2D eigenvalue weighted by molar-refractivity contribution is 0.00578. The van der Waals surface area contributed by atoms with Crippen molar-refractivity contribution in [1.82, 2.24) is 4.90 Å². The van der Waals surface area contributed by atoms with E-state index >= 15 is 0 Å². The molecule has 1 saturated heterocycles. The maximum absolute atomic E-state index is 6.17. The smallest absolute Gasteiger partial charge is 0.399 e. The molecule has 1 heterocycles. The number of rotatable bonds is 5. The molecular formula is C21H27BClNO2. The fourth-order valence-electron chi connectivity index (χ4n) is 3.09. The van der Waals surface area contributed by atoms with Crippen LogP contribution in [0.25, 0.3) is 0 Å². The quantitative estimate of drug-likeness (QED) is 0.733. The molecule has 0 unspecified atom stereocenters. The molecule has 0 atom stereocenters. The van der Waals surface area contributed by atoms with Crippen molar-refractivity contribution in [3.8, 4) is 0 Å². The Kier molecular flexibility index (Phi) is 5.50. The maximum atomic E-state index is 6.17. The van der Waals surface area contributed by atoms with E-state index < -0.39 is 0 Å². The van der Waals surface area contributed by atoms with Crippen molar-refractivity contribution in [2.24, 2.45) is 0 Å². The van der Waals surface area contributed by atoms with Crippen LogP contribution in [0, 0.1) is 0 Å². The molecule has 1 aliphatic rings. The predicted molar refractivity (Wildman–Crippen MR) is 109 cm³/mol. The Morgan fingerprint density at radius 2 is 1.46 bits per heavy atom. The molecule has 3 rings (SSSR count). The summed E-state index contributed by atoms with van der Waals surface area (Å²) in [5.41, 5.74) is 2.92. The largest absolute Gasteiger partial charge is 0.494 e. The number of hydrogen-bond acceptors (Lipinski definition) is 3. The molecule has 0 saturated carbocycles. The summed E-state index contributed by atoms with van der Waals surface area (Å²) in [6.45, 7) is 10.1. The summed E-state index contributed by atoms with van der Waals surface area (Å²) in [4.78, 5) is 2.28. The molecule has 0 radical (unpaired) electrons. The monoisotopic (exact) mass is 371 g/mol. The number of halogens is 1. The van der Waals surface area contributed by atoms with Crippen LogP contribution >= 0.6 is 11.6 Å². The summed E-state index contributed by atoms with van der Waals surface area (Å²) in [5.74, 6) is 0. The molecule has 2 aromatic carbocycles. The van der Waals surface area contributed by atoms with Crippen molar-refractivity contribution in [2.75, 3.05) is 7.05 Å². The zero-order chi connectivity index (χ0) is 18.9. The summed E-state index contributed by atoms with van der Waals surface area (Å²) in [6.07, 6.45) is 0. The lowest BCUT2D eigenvalue weighted by Gasteiger charge is -2.32. The third-order valence-corrected chi connectivity index (χ3v) is 5.55. The SMILES string of the molecule is CN(Cc1ccc(Cl)cc1)Cc1cccc(B2OC(C)(C)C(C)(C)O2)c1. The van der Waals surface area contributed by atoms with E-state index in [0.717, 1.165) is 23.6 Å². The van der Waals surface area contributed by atoms with Crippen molar-refractivity contribution in [1.29, 1.82) is 0 Å². The Balaban J connectivity index is 1.67. The van der Waals surface area contributed by atoms with Gasteiger partial charge in [-0.05, 0) is 63.5 Å². The van der Waals surface area contributed by atoms with Crippen LogP contribution in [0.4, 0.5) is 0 Å². The molecule has 0 aliphatic carbocycles. The highest BCUT2D eigenvalue weighted by molar-refractivity contribution is 6.62. The molecule has 0 N–H and O–H groups in total. The highest BCUT2D eigenvalue weighted by atomic mass is 35.5. The molecular weight excluding hydrogens is 345 g/mol. The Labute approximate surface area is 162 Å². The second-order valence-electron chi connectivity index (χ2n) is 8.13. The Morgan fingerprint density at radius 1 is 0.885 bits per heavy atom. The van der Waals surface area contributed by atoms with E-state index in [1.54, 1.807) is 0 Å². The minimum atomic E-state index is -0.320. The van der Waals surface area contributed by atoms with Crippen LogP contribution in [0.2, 0.25) is 5.02 Å². The first-order valence-corrected chi connectivity index (χ1v) is 9.41. The standard InChI is InChI=1S/C21H27BClNO2/c1-20(2)21(3,4)26-22(25-20)18-8-6-7-17(13-18)15-24(5)14-16-9-11-19(23)12-10-16/h6-13H,14-15H2,1-5H3. The van der Waals surface area contributed by atoms with Crippen LogP contribution in [0.15, 0.2) is 48.5 Å². The molecule has 2 aromatic rings. The van der Waals surface area contributed by atoms with Crippen molar-refractivity contribution in [3.63, 3.8) is 0 Å². The predicted octanol–water partition coefficient (Wildman–Crippen LogP) is 4.27. The summed E-state index contributed by atoms with van der Waals surface area (Å²) >= 11 is 5.96. The van der Waals surface area contributed by atoms with Gasteiger partial charge >= 0.3 is 7.12 Å². The first-order chi connectivity index (χ1) is 12.2. The van der Waals surface area contributed by atoms with Crippen LogP contribution in [0.1, 0.15) is 38.8 Å². The van der Waals surface area contributed by atoms with Crippen molar-refractivity contribution in [2.45, 2.75) is 52.0 Å². The van der Waals surface area contributed by atoms with Gasteiger partial charge in [0.1, 0.15) is 0 Å². The first kappa shape index (κ1) is 19.4. The third kappa shape index (κ3) is 4.32. The minimum absolute atomic E-state index is 0.318. The van der Waals surface area contributed by atoms with E-state index in [0.29, 0.717) is 0 Å². The lowest BCUT2D eigenvalue weighted by Crippen LogP contribution is -2.41. The maximum Gasteiger partial charge on any atom is 0.494 e. The molecule has 26 heavy (non-hydrogen) atoms. The van der Waals surface area contributed by atoms with E-state index in [-0.39, 0.29) is 18.3 Å². The van der Waals surface area contributed by atoms with Gasteiger partial charge in [0.15, 0.2) is 0 Å². The van der Waals surface area contributed by atoms with Gasteiger partial charge in [0, 0.05) is 18.1 Å². The summed E-state index contributed by atoms with van der Waals surface area (Å²) in [5, 5.41) is 0.770. The van der Waals surface area contributed by atoms with Gasteiger partial charge in [0.25, 0.3) is 0 Å². The molecule has 3 nitrogen and oxygen atoms in total. The number of hydrogen-bond donors (Lipinski definition) is 0. The Morgan fingerprint density at radius 3 is 2.08 bits per heavy atom. The average Bonchev–Trinajstić information content (AvgIpc) is 2.78. The van der Waals surface area contributed by atoms with Crippen LogP contribution in [0.5, 0.6) is 0 Å². The van der Waals surface area contributed by atoms with Gasteiger partial charge in [0.05, 0.1) is 11.2 Å². The zero-order valence-corrected chi connectivity index (χ0v) is 17.0. The van der Waals surface area contributed by atoms with Crippen LogP contribution < -0.4 is 5.46 Å². The van der Waals surface area contributed by atoms with Crippen molar-refractivity contribution < 1.29 is 9.31 Å². The molecule has 5 heteroatoms. The Bertz CT molecular complexity index is 745. The van der Waals surface area contributed by atoms with Crippen molar-refractivity contribution >= 4 is 24.2 Å². The van der Waals surface area contributed by atoms with E-state index in [2.05, 4.69) is 76.0 Å². The second-order valence-corrected chi connectivity index (χ2v) is 8.57. The van der Waals surface area contributed by atoms with Gasteiger partial charge < -0.3 is 9.31 Å². The average molecular weight is 372 g/mol. The molecule has 1 fully saturated rings. The normalized spacial score (nSPS) is 18.5. The first-order valence-electron chi connectivity index (χ1n) is 9.04. The summed E-state index contributed by atoms with van der Waals surface area (Å²) < 4.78 is 12.3. The topological polar surface area (TPSA) is 21.7 Å². The molecule has 0 aromatic heterocycles. The third-order valence-electron chi connectivity index (χ3n) is 5.29. The summed E-state index contributed by atoms with van der Waals surface area (Å²) in [7, 11) is 1.80. The van der Waals surface area contributed by atoms with Crippen LogP contribution in [-0.2, 0) is 22.4 Å². The molecule has 138 valence electrons. The van der Waals surface area contributed by atoms with Gasteiger partial charge in [-0.25, -0.2) is 0 Å². The summed E-state index contributed by atoms with van der Waals surface area (Å²) in [6, 6.07) is 16.5. The highest BCUT2D eigenvalue weighted by Gasteiger charge is 2.51. The minimum Gasteiger partial charge on any atom is -0.399 e. The fourth-order valence-corrected chi connectivity index (χ4v) is 3.21. The number of benzene rings is 2. The van der Waals surface area contributed by atoms with E-state index in [9.17, 15) is 0 Å². The molecule has 0 bridgehead atoms. The van der Waals surface area contributed by atoms with E-state index in [1.807, 2.05) is 12.1 Å². The van der Waals surface area contributed by atoms with Gasteiger partial charge in [-0.1, -0.05) is 48.0 Å². The highest BCUT2D eigenvalue weighted by Crippen LogP contribution is 2.36. The molecule has 0 spiro atoms. The van der Waals surface area contributed by atoms with Gasteiger partial charge in [-0.15, -0.1) is 0 Å². The Hall–Kier alpha value is -1.33. The second kappa shape index (κ2) is 7.36. The van der Waals surface area contributed by atoms with E-state index in [4.69, 9.17) is 20.9 Å². The number of nitrogens with zero attached hydrogens (tertiary/aromatic N) is 1.